The standard InChI is InChI=1S/C26H22N2O6S/c1-13-11-14(2)20-18(12-13)35-26(27-20)28-21(15-7-5-8-17(32-3)24(15)33-4)19(23(30)25(28)31)22(29)16-9-6-10-34-16/h5-12,21,30H,1-4H3. The van der Waals surface area contributed by atoms with E-state index in [0.29, 0.717) is 22.2 Å². The van der Waals surface area contributed by atoms with Crippen LogP contribution < -0.4 is 14.4 Å². The van der Waals surface area contributed by atoms with Crippen LogP contribution >= 0.6 is 11.3 Å². The number of para-hydroxylation sites is 1. The Labute approximate surface area is 205 Å². The molecule has 0 aliphatic carbocycles. The molecule has 1 atom stereocenters. The first kappa shape index (κ1) is 22.7. The SMILES string of the molecule is COc1cccc(C2C(C(=O)c3ccco3)=C(O)C(=O)N2c2nc3c(C)cc(C)cc3s2)c1OC. The summed E-state index contributed by atoms with van der Waals surface area (Å²) in [7, 11) is 2.98. The normalized spacial score (nSPS) is 15.8. The van der Waals surface area contributed by atoms with Crippen LogP contribution in [0.2, 0.25) is 0 Å². The van der Waals surface area contributed by atoms with Crippen LogP contribution in [0.25, 0.3) is 10.2 Å². The maximum absolute atomic E-state index is 13.5. The number of ether oxygens (including phenoxy) is 2. The molecule has 0 saturated carbocycles. The molecule has 2 aromatic heterocycles. The minimum atomic E-state index is -1.02. The van der Waals surface area contributed by atoms with Crippen molar-refractivity contribution < 1.29 is 28.6 Å². The number of rotatable bonds is 6. The molecule has 9 heteroatoms. The summed E-state index contributed by atoms with van der Waals surface area (Å²) in [5.74, 6) is -1.23. The number of carbonyl (C=O) groups is 2. The predicted molar refractivity (Wildman–Crippen MR) is 132 cm³/mol. The van der Waals surface area contributed by atoms with Gasteiger partial charge in [-0.3, -0.25) is 14.5 Å². The van der Waals surface area contributed by atoms with Gasteiger partial charge >= 0.3 is 0 Å². The van der Waals surface area contributed by atoms with Crippen molar-refractivity contribution in [1.29, 1.82) is 0 Å². The summed E-state index contributed by atoms with van der Waals surface area (Å²) in [5, 5.41) is 11.3. The van der Waals surface area contributed by atoms with Crippen LogP contribution in [-0.4, -0.2) is 36.0 Å². The minimum absolute atomic E-state index is 0.00355. The Morgan fingerprint density at radius 3 is 2.63 bits per heavy atom. The largest absolute Gasteiger partial charge is 0.503 e. The molecule has 0 radical (unpaired) electrons. The number of aliphatic hydroxyl groups is 1. The molecular formula is C26H22N2O6S. The lowest BCUT2D eigenvalue weighted by atomic mass is 9.94. The van der Waals surface area contributed by atoms with Gasteiger partial charge in [0.1, 0.15) is 6.04 Å². The topological polar surface area (TPSA) is 102 Å². The number of hydrogen-bond donors (Lipinski definition) is 1. The second kappa shape index (κ2) is 8.59. The molecule has 0 saturated heterocycles. The summed E-state index contributed by atoms with van der Waals surface area (Å²) < 4.78 is 17.3. The predicted octanol–water partition coefficient (Wildman–Crippen LogP) is 5.31. The molecule has 5 rings (SSSR count). The van der Waals surface area contributed by atoms with Gasteiger partial charge in [0.2, 0.25) is 5.78 Å². The third-order valence-corrected chi connectivity index (χ3v) is 6.95. The number of aliphatic hydroxyl groups excluding tert-OH is 1. The summed E-state index contributed by atoms with van der Waals surface area (Å²) in [5.41, 5.74) is 3.13. The molecule has 0 fully saturated rings. The molecule has 0 spiro atoms. The van der Waals surface area contributed by atoms with E-state index in [4.69, 9.17) is 18.9 Å². The highest BCUT2D eigenvalue weighted by Crippen LogP contribution is 2.48. The van der Waals surface area contributed by atoms with Gasteiger partial charge in [-0.2, -0.15) is 0 Å². The molecule has 35 heavy (non-hydrogen) atoms. The fourth-order valence-electron chi connectivity index (χ4n) is 4.46. The fraction of sp³-hybridized carbons (Fsp3) is 0.192. The monoisotopic (exact) mass is 490 g/mol. The number of carbonyl (C=O) groups excluding carboxylic acids is 2. The highest BCUT2D eigenvalue weighted by atomic mass is 32.1. The van der Waals surface area contributed by atoms with Crippen molar-refractivity contribution in [2.45, 2.75) is 19.9 Å². The van der Waals surface area contributed by atoms with Crippen molar-refractivity contribution in [3.05, 3.63) is 82.5 Å². The first-order valence-electron chi connectivity index (χ1n) is 10.8. The number of anilines is 1. The number of Topliss-reactive ketones (excluding diaryl/α,β-unsaturated/α-hetero) is 1. The highest BCUT2D eigenvalue weighted by Gasteiger charge is 2.47. The quantitative estimate of drug-likeness (QED) is 0.366. The number of benzene rings is 2. The number of ketones is 1. The maximum Gasteiger partial charge on any atom is 0.296 e. The Morgan fingerprint density at radius 2 is 1.94 bits per heavy atom. The zero-order chi connectivity index (χ0) is 24.9. The van der Waals surface area contributed by atoms with E-state index >= 15 is 0 Å². The van der Waals surface area contributed by atoms with E-state index in [1.54, 1.807) is 24.3 Å². The van der Waals surface area contributed by atoms with Gasteiger partial charge < -0.3 is 19.0 Å². The molecule has 1 unspecified atom stereocenters. The number of amides is 1. The van der Waals surface area contributed by atoms with Crippen molar-refractivity contribution in [2.75, 3.05) is 19.1 Å². The zero-order valence-electron chi connectivity index (χ0n) is 19.5. The lowest BCUT2D eigenvalue weighted by Gasteiger charge is -2.26. The van der Waals surface area contributed by atoms with Crippen LogP contribution in [-0.2, 0) is 4.79 Å². The van der Waals surface area contributed by atoms with Gasteiger partial charge in [0.05, 0.1) is 36.3 Å². The summed E-state index contributed by atoms with van der Waals surface area (Å²) in [6, 6.07) is 11.2. The van der Waals surface area contributed by atoms with Crippen LogP contribution in [0.3, 0.4) is 0 Å². The van der Waals surface area contributed by atoms with Gasteiger partial charge in [0.25, 0.3) is 5.91 Å². The van der Waals surface area contributed by atoms with E-state index in [1.807, 2.05) is 26.0 Å². The Hall–Kier alpha value is -4.11. The molecule has 1 amide bonds. The molecule has 1 aliphatic rings. The van der Waals surface area contributed by atoms with E-state index in [2.05, 4.69) is 0 Å². The van der Waals surface area contributed by atoms with E-state index in [9.17, 15) is 14.7 Å². The number of aromatic nitrogens is 1. The van der Waals surface area contributed by atoms with Crippen LogP contribution in [0.5, 0.6) is 11.5 Å². The summed E-state index contributed by atoms with van der Waals surface area (Å²) >= 11 is 1.31. The van der Waals surface area contributed by atoms with Gasteiger partial charge in [-0.1, -0.05) is 29.5 Å². The van der Waals surface area contributed by atoms with Gasteiger partial charge in [-0.05, 0) is 49.2 Å². The second-order valence-electron chi connectivity index (χ2n) is 8.15. The number of fused-ring (bicyclic) bond motifs is 1. The summed E-state index contributed by atoms with van der Waals surface area (Å²) in [4.78, 5) is 33.0. The molecule has 178 valence electrons. The number of hydrogen-bond acceptors (Lipinski definition) is 8. The highest BCUT2D eigenvalue weighted by molar-refractivity contribution is 7.22. The summed E-state index contributed by atoms with van der Waals surface area (Å²) in [6.45, 7) is 3.94. The van der Waals surface area contributed by atoms with Crippen molar-refractivity contribution in [1.82, 2.24) is 4.98 Å². The Morgan fingerprint density at radius 1 is 1.14 bits per heavy atom. The average Bonchev–Trinajstić information content (AvgIpc) is 3.57. The van der Waals surface area contributed by atoms with Crippen molar-refractivity contribution in [3.8, 4) is 11.5 Å². The molecule has 2 aromatic carbocycles. The van der Waals surface area contributed by atoms with Crippen LogP contribution in [0.1, 0.15) is 33.3 Å². The van der Waals surface area contributed by atoms with Crippen molar-refractivity contribution in [3.63, 3.8) is 0 Å². The molecule has 1 aliphatic heterocycles. The van der Waals surface area contributed by atoms with Gasteiger partial charge in [-0.25, -0.2) is 4.98 Å². The van der Waals surface area contributed by atoms with Crippen molar-refractivity contribution in [2.24, 2.45) is 0 Å². The van der Waals surface area contributed by atoms with Gasteiger partial charge in [-0.15, -0.1) is 0 Å². The zero-order valence-corrected chi connectivity index (χ0v) is 20.3. The molecule has 3 heterocycles. The van der Waals surface area contributed by atoms with Gasteiger partial charge in [0.15, 0.2) is 28.1 Å². The number of nitrogens with zero attached hydrogens (tertiary/aromatic N) is 2. The number of furan rings is 1. The van der Waals surface area contributed by atoms with E-state index in [0.717, 1.165) is 21.3 Å². The molecule has 4 aromatic rings. The Balaban J connectivity index is 1.75. The third kappa shape index (κ3) is 3.55. The first-order valence-corrected chi connectivity index (χ1v) is 11.6. The van der Waals surface area contributed by atoms with E-state index in [1.165, 1.54) is 42.8 Å². The molecule has 1 N–H and O–H groups in total. The number of aryl methyl sites for hydroxylation is 2. The van der Waals surface area contributed by atoms with Crippen LogP contribution in [0.15, 0.2) is 64.5 Å². The minimum Gasteiger partial charge on any atom is -0.503 e. The smallest absolute Gasteiger partial charge is 0.296 e. The van der Waals surface area contributed by atoms with Gasteiger partial charge in [0, 0.05) is 5.56 Å². The third-order valence-electron chi connectivity index (χ3n) is 5.95. The lowest BCUT2D eigenvalue weighted by molar-refractivity contribution is -0.117. The van der Waals surface area contributed by atoms with Crippen LogP contribution in [0, 0.1) is 13.8 Å². The molecule has 8 nitrogen and oxygen atoms in total. The number of methoxy groups -OCH3 is 2. The van der Waals surface area contributed by atoms with Crippen LogP contribution in [0.4, 0.5) is 5.13 Å². The Kier molecular flexibility index (Phi) is 5.56. The lowest BCUT2D eigenvalue weighted by Crippen LogP contribution is -2.31. The average molecular weight is 491 g/mol. The summed E-state index contributed by atoms with van der Waals surface area (Å²) in [6.07, 6.45) is 1.36. The Bertz CT molecular complexity index is 1500. The fourth-order valence-corrected chi connectivity index (χ4v) is 5.63. The molecule has 0 bridgehead atoms. The number of thiazole rings is 1. The van der Waals surface area contributed by atoms with Crippen molar-refractivity contribution >= 4 is 38.4 Å². The first-order chi connectivity index (χ1) is 16.8. The molecular weight excluding hydrogens is 468 g/mol. The van der Waals surface area contributed by atoms with E-state index < -0.39 is 23.5 Å². The maximum atomic E-state index is 13.5. The second-order valence-corrected chi connectivity index (χ2v) is 9.16. The van der Waals surface area contributed by atoms with E-state index in [-0.39, 0.29) is 11.3 Å².